The number of para-hydroxylation sites is 1. The molecule has 172 valence electrons. The van der Waals surface area contributed by atoms with E-state index in [1.807, 2.05) is 31.2 Å². The number of halogens is 2. The molecular formula is C26H21F2N3O3. The summed E-state index contributed by atoms with van der Waals surface area (Å²) in [6.45, 7) is 3.85. The summed E-state index contributed by atoms with van der Waals surface area (Å²) < 4.78 is 34.2. The number of nitrogens with zero attached hydrogens (tertiary/aromatic N) is 2. The van der Waals surface area contributed by atoms with Crippen molar-refractivity contribution in [2.75, 3.05) is 11.9 Å². The Bertz CT molecular complexity index is 1380. The van der Waals surface area contributed by atoms with Crippen molar-refractivity contribution in [1.29, 1.82) is 0 Å². The fourth-order valence-corrected chi connectivity index (χ4v) is 3.50. The number of aryl methyl sites for hydroxylation is 1. The van der Waals surface area contributed by atoms with Gasteiger partial charge in [-0.1, -0.05) is 30.3 Å². The molecule has 0 aliphatic carbocycles. The van der Waals surface area contributed by atoms with Crippen LogP contribution in [-0.2, 0) is 4.74 Å². The molecule has 6 nitrogen and oxygen atoms in total. The molecule has 0 bridgehead atoms. The fourth-order valence-electron chi connectivity index (χ4n) is 3.50. The lowest BCUT2D eigenvalue weighted by atomic mass is 10.1. The van der Waals surface area contributed by atoms with Crippen molar-refractivity contribution in [3.63, 3.8) is 0 Å². The Balaban J connectivity index is 1.74. The number of hydrogen-bond acceptors (Lipinski definition) is 4. The lowest BCUT2D eigenvalue weighted by molar-refractivity contribution is 0.0518. The van der Waals surface area contributed by atoms with Gasteiger partial charge in [0.05, 0.1) is 23.6 Å². The predicted octanol–water partition coefficient (Wildman–Crippen LogP) is 5.55. The topological polar surface area (TPSA) is 73.2 Å². The quantitative estimate of drug-likeness (QED) is 0.382. The molecule has 0 saturated heterocycles. The van der Waals surface area contributed by atoms with E-state index in [9.17, 15) is 18.4 Å². The van der Waals surface area contributed by atoms with Gasteiger partial charge in [-0.2, -0.15) is 5.10 Å². The Morgan fingerprint density at radius 1 is 1.00 bits per heavy atom. The van der Waals surface area contributed by atoms with E-state index < -0.39 is 29.1 Å². The first-order valence-corrected chi connectivity index (χ1v) is 10.6. The summed E-state index contributed by atoms with van der Waals surface area (Å²) in [6.07, 6.45) is 0. The minimum Gasteiger partial charge on any atom is -0.461 e. The average Bonchev–Trinajstić information content (AvgIpc) is 3.27. The Kier molecular flexibility index (Phi) is 6.49. The zero-order valence-electron chi connectivity index (χ0n) is 18.5. The van der Waals surface area contributed by atoms with Crippen molar-refractivity contribution in [1.82, 2.24) is 9.78 Å². The first-order chi connectivity index (χ1) is 16.4. The second-order valence-electron chi connectivity index (χ2n) is 7.49. The van der Waals surface area contributed by atoms with E-state index in [0.29, 0.717) is 16.9 Å². The second kappa shape index (κ2) is 9.66. The second-order valence-corrected chi connectivity index (χ2v) is 7.49. The van der Waals surface area contributed by atoms with Gasteiger partial charge in [-0.05, 0) is 61.9 Å². The molecule has 0 radical (unpaired) electrons. The van der Waals surface area contributed by atoms with Gasteiger partial charge < -0.3 is 10.1 Å². The zero-order valence-corrected chi connectivity index (χ0v) is 18.5. The summed E-state index contributed by atoms with van der Waals surface area (Å²) >= 11 is 0. The molecule has 1 N–H and O–H groups in total. The minimum atomic E-state index is -0.827. The van der Waals surface area contributed by atoms with Crippen LogP contribution in [0.2, 0.25) is 0 Å². The van der Waals surface area contributed by atoms with E-state index in [4.69, 9.17) is 4.74 Å². The van der Waals surface area contributed by atoms with Crippen molar-refractivity contribution in [3.8, 4) is 16.9 Å². The van der Waals surface area contributed by atoms with E-state index in [0.717, 1.165) is 29.4 Å². The number of aromatic nitrogens is 2. The van der Waals surface area contributed by atoms with Crippen LogP contribution in [-0.4, -0.2) is 28.3 Å². The van der Waals surface area contributed by atoms with Crippen LogP contribution in [0.25, 0.3) is 16.9 Å². The maximum absolute atomic E-state index is 14.0. The maximum atomic E-state index is 14.0. The molecule has 34 heavy (non-hydrogen) atoms. The fraction of sp³-hybridized carbons (Fsp3) is 0.115. The van der Waals surface area contributed by atoms with Crippen molar-refractivity contribution >= 4 is 17.6 Å². The molecule has 1 amide bonds. The smallest absolute Gasteiger partial charge is 0.358 e. The molecule has 0 aliphatic heterocycles. The molecule has 1 aromatic heterocycles. The van der Waals surface area contributed by atoms with E-state index in [1.165, 1.54) is 0 Å². The number of benzene rings is 3. The largest absolute Gasteiger partial charge is 0.461 e. The van der Waals surface area contributed by atoms with Crippen molar-refractivity contribution in [2.24, 2.45) is 0 Å². The Labute approximate surface area is 194 Å². The first-order valence-electron chi connectivity index (χ1n) is 10.6. The van der Waals surface area contributed by atoms with Crippen molar-refractivity contribution < 1.29 is 23.1 Å². The van der Waals surface area contributed by atoms with Crippen LogP contribution in [0.4, 0.5) is 14.5 Å². The van der Waals surface area contributed by atoms with Crippen LogP contribution in [0.15, 0.2) is 72.8 Å². The van der Waals surface area contributed by atoms with Gasteiger partial charge in [-0.15, -0.1) is 0 Å². The number of nitrogens with one attached hydrogen (secondary N) is 1. The molecule has 0 atom stereocenters. The number of carbonyl (C=O) groups excluding carboxylic acids is 2. The Morgan fingerprint density at radius 3 is 2.56 bits per heavy atom. The average molecular weight is 461 g/mol. The third-order valence-corrected chi connectivity index (χ3v) is 5.13. The van der Waals surface area contributed by atoms with Gasteiger partial charge in [0.1, 0.15) is 11.6 Å². The van der Waals surface area contributed by atoms with Crippen LogP contribution in [0.5, 0.6) is 0 Å². The number of hydrogen-bond donors (Lipinski definition) is 1. The van der Waals surface area contributed by atoms with Gasteiger partial charge in [0.15, 0.2) is 5.69 Å². The lowest BCUT2D eigenvalue weighted by Gasteiger charge is -2.12. The highest BCUT2D eigenvalue weighted by Gasteiger charge is 2.19. The molecule has 8 heteroatoms. The molecule has 1 heterocycles. The molecule has 0 fully saturated rings. The number of amides is 1. The zero-order chi connectivity index (χ0) is 24.2. The van der Waals surface area contributed by atoms with E-state index in [1.54, 1.807) is 41.9 Å². The van der Waals surface area contributed by atoms with Crippen molar-refractivity contribution in [3.05, 3.63) is 101 Å². The van der Waals surface area contributed by atoms with Crippen LogP contribution in [0.1, 0.15) is 33.3 Å². The minimum absolute atomic E-state index is 0.136. The lowest BCUT2D eigenvalue weighted by Crippen LogP contribution is -2.14. The van der Waals surface area contributed by atoms with Gasteiger partial charge >= 0.3 is 5.97 Å². The van der Waals surface area contributed by atoms with Crippen LogP contribution < -0.4 is 5.32 Å². The maximum Gasteiger partial charge on any atom is 0.358 e. The highest BCUT2D eigenvalue weighted by atomic mass is 19.1. The molecular weight excluding hydrogens is 440 g/mol. The van der Waals surface area contributed by atoms with Gasteiger partial charge in [0.25, 0.3) is 5.91 Å². The third-order valence-electron chi connectivity index (χ3n) is 5.13. The summed E-state index contributed by atoms with van der Waals surface area (Å²) in [5.41, 5.74) is 3.03. The molecule has 0 unspecified atom stereocenters. The molecule has 0 spiro atoms. The Morgan fingerprint density at radius 2 is 1.79 bits per heavy atom. The normalized spacial score (nSPS) is 10.7. The number of esters is 1. The van der Waals surface area contributed by atoms with Crippen LogP contribution in [0.3, 0.4) is 0 Å². The molecule has 4 aromatic rings. The van der Waals surface area contributed by atoms with E-state index >= 15 is 0 Å². The van der Waals surface area contributed by atoms with Crippen LogP contribution in [0, 0.1) is 18.6 Å². The molecule has 0 saturated carbocycles. The summed E-state index contributed by atoms with van der Waals surface area (Å²) in [7, 11) is 0. The monoisotopic (exact) mass is 461 g/mol. The van der Waals surface area contributed by atoms with Crippen molar-refractivity contribution in [2.45, 2.75) is 13.8 Å². The van der Waals surface area contributed by atoms with E-state index in [2.05, 4.69) is 10.4 Å². The first kappa shape index (κ1) is 22.8. The number of ether oxygens (including phenoxy) is 1. The molecule has 0 aliphatic rings. The highest BCUT2D eigenvalue weighted by molar-refractivity contribution is 6.04. The van der Waals surface area contributed by atoms with Gasteiger partial charge in [-0.3, -0.25) is 4.79 Å². The highest BCUT2D eigenvalue weighted by Crippen LogP contribution is 2.28. The third kappa shape index (κ3) is 4.71. The summed E-state index contributed by atoms with van der Waals surface area (Å²) in [6, 6.07) is 18.6. The Hall–Kier alpha value is -4.33. The van der Waals surface area contributed by atoms with Gasteiger partial charge in [0, 0.05) is 11.3 Å². The SMILES string of the molecule is CCOC(=O)c1cc(-c2cccc(NC(=O)c3cc(F)ccc3F)c2)n(-c2ccccc2C)n1. The standard InChI is InChI=1S/C26H21F2N3O3/c1-3-34-26(33)22-15-24(31(30-22)23-10-5-4-7-16(23)2)17-8-6-9-19(13-17)29-25(32)20-14-18(27)11-12-21(20)28/h4-15H,3H2,1-2H3,(H,29,32). The van der Waals surface area contributed by atoms with Gasteiger partial charge in [0.2, 0.25) is 0 Å². The summed E-state index contributed by atoms with van der Waals surface area (Å²) in [5, 5.41) is 7.05. The summed E-state index contributed by atoms with van der Waals surface area (Å²) in [5.74, 6) is -2.88. The number of carbonyl (C=O) groups is 2. The van der Waals surface area contributed by atoms with E-state index in [-0.39, 0.29) is 12.3 Å². The predicted molar refractivity (Wildman–Crippen MR) is 124 cm³/mol. The molecule has 3 aromatic carbocycles. The van der Waals surface area contributed by atoms with Crippen LogP contribution >= 0.6 is 0 Å². The van der Waals surface area contributed by atoms with Gasteiger partial charge in [-0.25, -0.2) is 18.3 Å². The summed E-state index contributed by atoms with van der Waals surface area (Å²) in [4.78, 5) is 24.9. The number of rotatable bonds is 6. The number of anilines is 1. The molecule has 4 rings (SSSR count).